The van der Waals surface area contributed by atoms with Crippen LogP contribution in [0, 0.1) is 0 Å². The van der Waals surface area contributed by atoms with Gasteiger partial charge in [0.15, 0.2) is 0 Å². The Balaban J connectivity index is -0.00000000500. The van der Waals surface area contributed by atoms with E-state index in [0.29, 0.717) is 0 Å². The van der Waals surface area contributed by atoms with Gasteiger partial charge in [0.25, 0.3) is 0 Å². The Morgan fingerprint density at radius 3 is 0.833 bits per heavy atom. The zero-order valence-electron chi connectivity index (χ0n) is 3.72. The first-order chi connectivity index (χ1) is 2.00. The van der Waals surface area contributed by atoms with Crippen molar-refractivity contribution in [2.75, 3.05) is 14.1 Å². The van der Waals surface area contributed by atoms with E-state index in [4.69, 9.17) is 11.5 Å². The van der Waals surface area contributed by atoms with E-state index in [1.54, 1.807) is 0 Å². The third kappa shape index (κ3) is 96.0. The summed E-state index contributed by atoms with van der Waals surface area (Å²) < 4.78 is 0. The van der Waals surface area contributed by atoms with Crippen molar-refractivity contribution in [1.29, 1.82) is 0 Å². The summed E-state index contributed by atoms with van der Waals surface area (Å²) >= 11 is 0. The van der Waals surface area contributed by atoms with Crippen molar-refractivity contribution < 1.29 is 20.4 Å². The molecular formula is C2H9ClN2Pd. The third-order valence-electron chi connectivity index (χ3n) is 0. The van der Waals surface area contributed by atoms with Crippen LogP contribution in [-0.4, -0.2) is 14.1 Å². The second-order valence-electron chi connectivity index (χ2n) is 0. The van der Waals surface area contributed by atoms with Crippen molar-refractivity contribution in [3.63, 3.8) is 0 Å². The molecule has 0 saturated heterocycles. The molecule has 0 aliphatic heterocycles. The first kappa shape index (κ1) is 28.7. The predicted molar refractivity (Wildman–Crippen MR) is 27.7 cm³/mol. The zero-order valence-corrected chi connectivity index (χ0v) is 6.10. The van der Waals surface area contributed by atoms with Gasteiger partial charge in [0.1, 0.15) is 0 Å². The molecule has 4 heteroatoms. The Hall–Kier alpha value is 0.872. The molecule has 44 valence electrons. The molecule has 0 fully saturated rings. The largest absolute Gasteiger partial charge is 2.00 e. The molecule has 2 nitrogen and oxygen atoms in total. The average Bonchev–Trinajstić information content (AvgIpc) is 1.50. The van der Waals surface area contributed by atoms with Crippen LogP contribution in [0.15, 0.2) is 0 Å². The number of halogens is 1. The Kier molecular flexibility index (Phi) is 877. The second-order valence-corrected chi connectivity index (χ2v) is 0. The van der Waals surface area contributed by atoms with Crippen LogP contribution < -0.4 is 0 Å². The van der Waals surface area contributed by atoms with Crippen molar-refractivity contribution >= 4 is 12.4 Å². The minimum absolute atomic E-state index is 0. The van der Waals surface area contributed by atoms with E-state index in [2.05, 4.69) is 0 Å². The Morgan fingerprint density at radius 2 is 0.833 bits per heavy atom. The van der Waals surface area contributed by atoms with Crippen LogP contribution in [0.4, 0.5) is 0 Å². The van der Waals surface area contributed by atoms with Crippen LogP contribution in [0.1, 0.15) is 0 Å². The van der Waals surface area contributed by atoms with Crippen LogP contribution in [0.2, 0.25) is 0 Å². The van der Waals surface area contributed by atoms with E-state index in [1.165, 1.54) is 14.1 Å². The number of hydrogen-bond acceptors (Lipinski definition) is 0. The SMILES string of the molecule is C[NH-].C[NH-].Cl.[Pd+2]. The van der Waals surface area contributed by atoms with Crippen LogP contribution in [0.3, 0.4) is 0 Å². The monoisotopic (exact) mass is 202 g/mol. The molecule has 0 spiro atoms. The van der Waals surface area contributed by atoms with E-state index in [0.717, 1.165) is 0 Å². The van der Waals surface area contributed by atoms with E-state index in [1.807, 2.05) is 0 Å². The molecule has 0 rings (SSSR count). The molecule has 0 aromatic heterocycles. The summed E-state index contributed by atoms with van der Waals surface area (Å²) in [7, 11) is 2.50. The summed E-state index contributed by atoms with van der Waals surface area (Å²) in [5.74, 6) is 0. The smallest absolute Gasteiger partial charge is 0.680 e. The van der Waals surface area contributed by atoms with Gasteiger partial charge in [-0.1, -0.05) is 0 Å². The Bertz CT molecular complexity index is 11.5. The molecule has 0 aromatic carbocycles. The van der Waals surface area contributed by atoms with Gasteiger partial charge in [-0.15, -0.1) is 12.4 Å². The predicted octanol–water partition coefficient (Wildman–Crippen LogP) is 1.76. The molecular weight excluding hydrogens is 194 g/mol. The molecule has 2 N–H and O–H groups in total. The summed E-state index contributed by atoms with van der Waals surface area (Å²) in [6.45, 7) is 0. The van der Waals surface area contributed by atoms with Gasteiger partial charge < -0.3 is 11.5 Å². The Labute approximate surface area is 58.7 Å². The first-order valence-electron chi connectivity index (χ1n) is 1.00. The van der Waals surface area contributed by atoms with Crippen LogP contribution in [0.25, 0.3) is 11.5 Å². The maximum atomic E-state index is 5.75. The first-order valence-corrected chi connectivity index (χ1v) is 1.00. The van der Waals surface area contributed by atoms with Crippen LogP contribution >= 0.6 is 12.4 Å². The van der Waals surface area contributed by atoms with Crippen molar-refractivity contribution in [1.82, 2.24) is 0 Å². The zero-order chi connectivity index (χ0) is 4.00. The molecule has 0 atom stereocenters. The molecule has 0 radical (unpaired) electrons. The van der Waals surface area contributed by atoms with Crippen molar-refractivity contribution in [3.05, 3.63) is 11.5 Å². The molecule has 0 unspecified atom stereocenters. The maximum Gasteiger partial charge on any atom is 2.00 e. The minimum atomic E-state index is 0. The standard InChI is InChI=1S/2CH4N.ClH.Pd/c2*1-2;;/h2*2H,1H3;1H;/q2*-1;;+2. The van der Waals surface area contributed by atoms with Crippen molar-refractivity contribution in [2.45, 2.75) is 0 Å². The molecule has 0 aliphatic rings. The van der Waals surface area contributed by atoms with E-state index >= 15 is 0 Å². The minimum Gasteiger partial charge on any atom is -0.680 e. The van der Waals surface area contributed by atoms with Gasteiger partial charge in [-0.2, -0.15) is 14.1 Å². The molecule has 0 heterocycles. The fourth-order valence-corrected chi connectivity index (χ4v) is 0. The maximum absolute atomic E-state index is 5.75. The average molecular weight is 203 g/mol. The number of nitrogens with one attached hydrogen (secondary N) is 2. The summed E-state index contributed by atoms with van der Waals surface area (Å²) in [6.07, 6.45) is 0. The molecule has 0 aliphatic carbocycles. The van der Waals surface area contributed by atoms with E-state index in [9.17, 15) is 0 Å². The van der Waals surface area contributed by atoms with Gasteiger partial charge in [0, 0.05) is 0 Å². The second kappa shape index (κ2) is 183. The third-order valence-corrected chi connectivity index (χ3v) is 0. The van der Waals surface area contributed by atoms with Gasteiger partial charge in [0.05, 0.1) is 0 Å². The summed E-state index contributed by atoms with van der Waals surface area (Å²) in [5.41, 5.74) is 11.5. The van der Waals surface area contributed by atoms with Gasteiger partial charge in [-0.25, -0.2) is 0 Å². The molecule has 0 amide bonds. The normalized spacial score (nSPS) is 2.00. The molecule has 6 heavy (non-hydrogen) atoms. The number of rotatable bonds is 0. The summed E-state index contributed by atoms with van der Waals surface area (Å²) in [5, 5.41) is 0. The van der Waals surface area contributed by atoms with Gasteiger partial charge >= 0.3 is 20.4 Å². The fraction of sp³-hybridized carbons (Fsp3) is 1.00. The summed E-state index contributed by atoms with van der Waals surface area (Å²) in [4.78, 5) is 0. The van der Waals surface area contributed by atoms with Crippen molar-refractivity contribution in [2.24, 2.45) is 0 Å². The van der Waals surface area contributed by atoms with Gasteiger partial charge in [-0.3, -0.25) is 0 Å². The topological polar surface area (TPSA) is 47.6 Å². The van der Waals surface area contributed by atoms with Crippen LogP contribution in [0.5, 0.6) is 0 Å². The van der Waals surface area contributed by atoms with Crippen molar-refractivity contribution in [3.8, 4) is 0 Å². The van der Waals surface area contributed by atoms with Crippen LogP contribution in [-0.2, 0) is 20.4 Å². The van der Waals surface area contributed by atoms with Gasteiger partial charge in [-0.05, 0) is 0 Å². The van der Waals surface area contributed by atoms with E-state index in [-0.39, 0.29) is 32.8 Å². The number of hydrogen-bond donors (Lipinski definition) is 0. The molecule has 0 bridgehead atoms. The Morgan fingerprint density at radius 1 is 0.833 bits per heavy atom. The van der Waals surface area contributed by atoms with Gasteiger partial charge in [0.2, 0.25) is 0 Å². The molecule has 0 saturated carbocycles. The fourth-order valence-electron chi connectivity index (χ4n) is 0. The summed E-state index contributed by atoms with van der Waals surface area (Å²) in [6, 6.07) is 0. The molecule has 0 aromatic rings. The quantitative estimate of drug-likeness (QED) is 0.538. The van der Waals surface area contributed by atoms with E-state index < -0.39 is 0 Å².